The Labute approximate surface area is 97.8 Å². The lowest BCUT2D eigenvalue weighted by Crippen LogP contribution is -2.25. The van der Waals surface area contributed by atoms with Gasteiger partial charge in [0.15, 0.2) is 0 Å². The van der Waals surface area contributed by atoms with Crippen LogP contribution in [0.3, 0.4) is 0 Å². The highest BCUT2D eigenvalue weighted by Crippen LogP contribution is 2.27. The Kier molecular flexibility index (Phi) is 2.14. The minimum atomic E-state index is -0.0400. The Bertz CT molecular complexity index is 557. The summed E-state index contributed by atoms with van der Waals surface area (Å²) in [6.45, 7) is 0. The van der Waals surface area contributed by atoms with Crippen molar-refractivity contribution in [1.82, 2.24) is 10.3 Å². The molecule has 4 heteroatoms. The second-order valence-electron chi connectivity index (χ2n) is 4.11. The Hall–Kier alpha value is -1.48. The molecule has 1 fully saturated rings. The first-order chi connectivity index (χ1) is 7.75. The number of rotatable bonds is 2. The summed E-state index contributed by atoms with van der Waals surface area (Å²) in [6.07, 6.45) is 3.89. The normalized spacial score (nSPS) is 15.3. The lowest BCUT2D eigenvalue weighted by molar-refractivity contribution is 0.0953. The van der Waals surface area contributed by atoms with E-state index in [4.69, 9.17) is 11.6 Å². The topological polar surface area (TPSA) is 44.9 Å². The zero-order valence-electron chi connectivity index (χ0n) is 8.59. The largest absolute Gasteiger partial charge is 0.360 e. The van der Waals surface area contributed by atoms with Gasteiger partial charge in [0.1, 0.15) is 0 Å². The predicted octanol–water partition coefficient (Wildman–Crippen LogP) is 2.71. The van der Waals surface area contributed by atoms with Crippen LogP contribution in [0.1, 0.15) is 23.2 Å². The van der Waals surface area contributed by atoms with E-state index in [-0.39, 0.29) is 5.91 Å². The Morgan fingerprint density at radius 3 is 3.00 bits per heavy atom. The third kappa shape index (κ3) is 1.57. The van der Waals surface area contributed by atoms with Crippen molar-refractivity contribution in [1.29, 1.82) is 0 Å². The predicted molar refractivity (Wildman–Crippen MR) is 63.8 cm³/mol. The van der Waals surface area contributed by atoms with Crippen molar-refractivity contribution >= 4 is 28.4 Å². The maximum Gasteiger partial charge on any atom is 0.253 e. The van der Waals surface area contributed by atoms with Crippen LogP contribution >= 0.6 is 11.6 Å². The number of H-pyrrole nitrogens is 1. The van der Waals surface area contributed by atoms with E-state index in [1.165, 1.54) is 0 Å². The average Bonchev–Trinajstić information content (AvgIpc) is 2.96. The zero-order chi connectivity index (χ0) is 11.1. The number of carbonyl (C=O) groups excluding carboxylic acids is 1. The fourth-order valence-electron chi connectivity index (χ4n) is 1.81. The first kappa shape index (κ1) is 9.73. The molecule has 82 valence electrons. The number of fused-ring (bicyclic) bond motifs is 1. The van der Waals surface area contributed by atoms with Gasteiger partial charge in [-0.3, -0.25) is 4.79 Å². The van der Waals surface area contributed by atoms with Gasteiger partial charge in [0.2, 0.25) is 0 Å². The molecule has 0 spiro atoms. The van der Waals surface area contributed by atoms with Crippen molar-refractivity contribution in [3.05, 3.63) is 35.0 Å². The number of carbonyl (C=O) groups is 1. The van der Waals surface area contributed by atoms with Gasteiger partial charge in [-0.05, 0) is 25.0 Å². The maximum atomic E-state index is 11.9. The van der Waals surface area contributed by atoms with Crippen LogP contribution in [-0.4, -0.2) is 16.9 Å². The molecule has 1 aromatic carbocycles. The van der Waals surface area contributed by atoms with E-state index in [1.54, 1.807) is 12.3 Å². The number of amides is 1. The second kappa shape index (κ2) is 3.52. The minimum Gasteiger partial charge on any atom is -0.360 e. The quantitative estimate of drug-likeness (QED) is 0.825. The first-order valence-electron chi connectivity index (χ1n) is 5.32. The Morgan fingerprint density at radius 1 is 1.44 bits per heavy atom. The van der Waals surface area contributed by atoms with E-state index in [9.17, 15) is 4.79 Å². The summed E-state index contributed by atoms with van der Waals surface area (Å²) in [5, 5.41) is 4.38. The molecule has 0 bridgehead atoms. The molecule has 1 saturated carbocycles. The summed E-state index contributed by atoms with van der Waals surface area (Å²) in [4.78, 5) is 15.0. The van der Waals surface area contributed by atoms with Crippen molar-refractivity contribution in [3.63, 3.8) is 0 Å². The van der Waals surface area contributed by atoms with Crippen molar-refractivity contribution in [2.75, 3.05) is 0 Å². The molecular formula is C12H11ClN2O. The van der Waals surface area contributed by atoms with Crippen molar-refractivity contribution in [2.45, 2.75) is 18.9 Å². The van der Waals surface area contributed by atoms with Gasteiger partial charge in [-0.15, -0.1) is 0 Å². The van der Waals surface area contributed by atoms with Crippen LogP contribution in [0.4, 0.5) is 0 Å². The first-order valence-corrected chi connectivity index (χ1v) is 5.70. The molecule has 0 saturated heterocycles. The van der Waals surface area contributed by atoms with E-state index >= 15 is 0 Å². The fraction of sp³-hybridized carbons (Fsp3) is 0.250. The van der Waals surface area contributed by atoms with Gasteiger partial charge >= 0.3 is 0 Å². The summed E-state index contributed by atoms with van der Waals surface area (Å²) in [5.74, 6) is -0.0400. The molecule has 3 rings (SSSR count). The molecule has 3 nitrogen and oxygen atoms in total. The van der Waals surface area contributed by atoms with Crippen LogP contribution < -0.4 is 5.32 Å². The maximum absolute atomic E-state index is 11.9. The standard InChI is InChI=1S/C12H11ClN2O/c13-9-2-1-3-10-11(9)8(6-14-10)12(16)15-7-4-5-7/h1-3,6-7,14H,4-5H2,(H,15,16). The SMILES string of the molecule is O=C(NC1CC1)c1c[nH]c2cccc(Cl)c12. The highest BCUT2D eigenvalue weighted by Gasteiger charge is 2.25. The van der Waals surface area contributed by atoms with Gasteiger partial charge < -0.3 is 10.3 Å². The van der Waals surface area contributed by atoms with E-state index in [1.807, 2.05) is 12.1 Å². The van der Waals surface area contributed by atoms with Crippen LogP contribution in [0.2, 0.25) is 5.02 Å². The number of aromatic amines is 1. The van der Waals surface area contributed by atoms with Gasteiger partial charge in [0, 0.05) is 23.1 Å². The molecule has 0 unspecified atom stereocenters. The molecule has 0 radical (unpaired) electrons. The third-order valence-electron chi connectivity index (χ3n) is 2.81. The summed E-state index contributed by atoms with van der Waals surface area (Å²) < 4.78 is 0. The molecule has 0 aliphatic heterocycles. The lowest BCUT2D eigenvalue weighted by Gasteiger charge is -2.02. The van der Waals surface area contributed by atoms with Gasteiger partial charge in [0.05, 0.1) is 10.6 Å². The molecule has 1 amide bonds. The van der Waals surface area contributed by atoms with Crippen LogP contribution in [0.25, 0.3) is 10.9 Å². The molecule has 1 aliphatic rings. The number of halogens is 1. The fourth-order valence-corrected chi connectivity index (χ4v) is 2.09. The summed E-state index contributed by atoms with van der Waals surface area (Å²) in [5.41, 5.74) is 1.53. The van der Waals surface area contributed by atoms with E-state index in [0.717, 1.165) is 23.7 Å². The number of hydrogen-bond acceptors (Lipinski definition) is 1. The van der Waals surface area contributed by atoms with E-state index in [2.05, 4.69) is 10.3 Å². The van der Waals surface area contributed by atoms with E-state index < -0.39 is 0 Å². The lowest BCUT2D eigenvalue weighted by atomic mass is 10.1. The zero-order valence-corrected chi connectivity index (χ0v) is 9.34. The average molecular weight is 235 g/mol. The number of benzene rings is 1. The molecular weight excluding hydrogens is 224 g/mol. The van der Waals surface area contributed by atoms with Gasteiger partial charge in [-0.1, -0.05) is 17.7 Å². The summed E-state index contributed by atoms with van der Waals surface area (Å²) in [6, 6.07) is 5.93. The molecule has 2 N–H and O–H groups in total. The molecule has 1 aromatic heterocycles. The number of hydrogen-bond donors (Lipinski definition) is 2. The van der Waals surface area contributed by atoms with Crippen molar-refractivity contribution < 1.29 is 4.79 Å². The van der Waals surface area contributed by atoms with Crippen molar-refractivity contribution in [2.24, 2.45) is 0 Å². The highest BCUT2D eigenvalue weighted by molar-refractivity contribution is 6.36. The molecule has 16 heavy (non-hydrogen) atoms. The minimum absolute atomic E-state index is 0.0400. The molecule has 2 aromatic rings. The van der Waals surface area contributed by atoms with E-state index in [0.29, 0.717) is 16.6 Å². The van der Waals surface area contributed by atoms with Gasteiger partial charge in [-0.2, -0.15) is 0 Å². The van der Waals surface area contributed by atoms with Crippen LogP contribution in [0.15, 0.2) is 24.4 Å². The van der Waals surface area contributed by atoms with Gasteiger partial charge in [-0.25, -0.2) is 0 Å². The number of aromatic nitrogens is 1. The smallest absolute Gasteiger partial charge is 0.253 e. The molecule has 0 atom stereocenters. The Morgan fingerprint density at radius 2 is 2.25 bits per heavy atom. The highest BCUT2D eigenvalue weighted by atomic mass is 35.5. The number of nitrogens with one attached hydrogen (secondary N) is 2. The summed E-state index contributed by atoms with van der Waals surface area (Å²) in [7, 11) is 0. The van der Waals surface area contributed by atoms with Crippen molar-refractivity contribution in [3.8, 4) is 0 Å². The van der Waals surface area contributed by atoms with Crippen LogP contribution in [-0.2, 0) is 0 Å². The van der Waals surface area contributed by atoms with Gasteiger partial charge in [0.25, 0.3) is 5.91 Å². The molecule has 1 aliphatic carbocycles. The third-order valence-corrected chi connectivity index (χ3v) is 3.13. The Balaban J connectivity index is 2.05. The monoisotopic (exact) mass is 234 g/mol. The van der Waals surface area contributed by atoms with Crippen LogP contribution in [0.5, 0.6) is 0 Å². The summed E-state index contributed by atoms with van der Waals surface area (Å²) >= 11 is 6.10. The van der Waals surface area contributed by atoms with Crippen LogP contribution in [0, 0.1) is 0 Å². The molecule has 1 heterocycles. The second-order valence-corrected chi connectivity index (χ2v) is 4.52.